The molecule has 0 amide bonds. The Morgan fingerprint density at radius 3 is 2.35 bits per heavy atom. The number of nitrogens with zero attached hydrogens (tertiary/aromatic N) is 2. The Kier molecular flexibility index (Phi) is 6.91. The largest absolute Gasteiger partial charge is 0.480 e. The van der Waals surface area contributed by atoms with Crippen LogP contribution in [0, 0.1) is 5.92 Å². The molecule has 26 heavy (non-hydrogen) atoms. The van der Waals surface area contributed by atoms with E-state index in [9.17, 15) is 19.8 Å². The van der Waals surface area contributed by atoms with E-state index in [1.165, 1.54) is 0 Å². The van der Waals surface area contributed by atoms with Crippen LogP contribution in [-0.4, -0.2) is 43.8 Å². The number of nitrogens with one attached hydrogen (secondary N) is 1. The van der Waals surface area contributed by atoms with Crippen LogP contribution in [0.25, 0.3) is 0 Å². The Bertz CT molecular complexity index is 727. The van der Waals surface area contributed by atoms with Gasteiger partial charge in [0.2, 0.25) is 0 Å². The van der Waals surface area contributed by atoms with Gasteiger partial charge in [0.05, 0.1) is 12.0 Å². The van der Waals surface area contributed by atoms with Gasteiger partial charge in [-0.15, -0.1) is 0 Å². The van der Waals surface area contributed by atoms with E-state index in [-0.39, 0.29) is 12.3 Å². The molecule has 0 aliphatic carbocycles. The van der Waals surface area contributed by atoms with E-state index in [2.05, 4.69) is 10.3 Å². The van der Waals surface area contributed by atoms with Gasteiger partial charge in [-0.2, -0.15) is 0 Å². The van der Waals surface area contributed by atoms with Gasteiger partial charge in [0.25, 0.3) is 0 Å². The van der Waals surface area contributed by atoms with E-state index in [0.717, 1.165) is 5.56 Å². The van der Waals surface area contributed by atoms with Crippen molar-refractivity contribution in [2.24, 2.45) is 5.92 Å². The molecule has 2 atom stereocenters. The molecular formula is C19H25N3O4. The zero-order chi connectivity index (χ0) is 19.1. The van der Waals surface area contributed by atoms with E-state index in [1.54, 1.807) is 12.5 Å². The first kappa shape index (κ1) is 19.7. The van der Waals surface area contributed by atoms with Gasteiger partial charge in [-0.3, -0.25) is 14.9 Å². The Balaban J connectivity index is 2.03. The smallest absolute Gasteiger partial charge is 0.321 e. The zero-order valence-corrected chi connectivity index (χ0v) is 15.0. The lowest BCUT2D eigenvalue weighted by molar-refractivity contribution is -0.142. The van der Waals surface area contributed by atoms with E-state index >= 15 is 0 Å². The van der Waals surface area contributed by atoms with Crippen LogP contribution in [0.15, 0.2) is 42.9 Å². The van der Waals surface area contributed by atoms with Crippen LogP contribution in [0.5, 0.6) is 0 Å². The van der Waals surface area contributed by atoms with Crippen molar-refractivity contribution >= 4 is 11.9 Å². The second-order valence-electron chi connectivity index (χ2n) is 6.80. The standard InChI is InChI=1S/C19H25N3O4/c1-13(2)8-16(18(23)24)21-17(19(25)26)9-15-11-22(12-20-15)10-14-6-4-3-5-7-14/h3-7,11-13,16-17,21H,8-10H2,1-2H3,(H,23,24)(H,25,26)/t16?,17-/m0/s1. The fraction of sp³-hybridized carbons (Fsp3) is 0.421. The summed E-state index contributed by atoms with van der Waals surface area (Å²) in [5, 5.41) is 21.5. The van der Waals surface area contributed by atoms with Crippen LogP contribution in [0.1, 0.15) is 31.5 Å². The van der Waals surface area contributed by atoms with Crippen LogP contribution >= 0.6 is 0 Å². The second-order valence-corrected chi connectivity index (χ2v) is 6.80. The lowest BCUT2D eigenvalue weighted by Gasteiger charge is -2.21. The van der Waals surface area contributed by atoms with Crippen LogP contribution < -0.4 is 5.32 Å². The fourth-order valence-corrected chi connectivity index (χ4v) is 2.77. The number of aliphatic carboxylic acids is 2. The Morgan fingerprint density at radius 2 is 1.77 bits per heavy atom. The molecule has 2 rings (SSSR count). The van der Waals surface area contributed by atoms with Gasteiger partial charge in [0.15, 0.2) is 0 Å². The first-order valence-electron chi connectivity index (χ1n) is 8.61. The highest BCUT2D eigenvalue weighted by atomic mass is 16.4. The molecule has 1 unspecified atom stereocenters. The van der Waals surface area contributed by atoms with Crippen LogP contribution in [0.4, 0.5) is 0 Å². The van der Waals surface area contributed by atoms with Crippen LogP contribution in [0.2, 0.25) is 0 Å². The summed E-state index contributed by atoms with van der Waals surface area (Å²) in [6.45, 7) is 4.45. The quantitative estimate of drug-likeness (QED) is 0.599. The molecule has 0 saturated heterocycles. The molecule has 0 bridgehead atoms. The number of hydrogen-bond donors (Lipinski definition) is 3. The molecule has 1 aromatic heterocycles. The number of benzene rings is 1. The first-order valence-corrected chi connectivity index (χ1v) is 8.61. The molecule has 3 N–H and O–H groups in total. The molecule has 140 valence electrons. The first-order chi connectivity index (χ1) is 12.3. The highest BCUT2D eigenvalue weighted by molar-refractivity contribution is 5.77. The van der Waals surface area contributed by atoms with Crippen molar-refractivity contribution in [3.8, 4) is 0 Å². The predicted molar refractivity (Wildman–Crippen MR) is 96.9 cm³/mol. The molecule has 0 spiro atoms. The molecule has 0 aliphatic heterocycles. The van der Waals surface area contributed by atoms with Gasteiger partial charge < -0.3 is 14.8 Å². The highest BCUT2D eigenvalue weighted by Crippen LogP contribution is 2.10. The topological polar surface area (TPSA) is 104 Å². The van der Waals surface area contributed by atoms with Gasteiger partial charge in [0, 0.05) is 19.2 Å². The van der Waals surface area contributed by atoms with Crippen molar-refractivity contribution in [1.29, 1.82) is 0 Å². The summed E-state index contributed by atoms with van der Waals surface area (Å²) in [5.74, 6) is -1.99. The van der Waals surface area contributed by atoms with Crippen LogP contribution in [0.3, 0.4) is 0 Å². The third-order valence-electron chi connectivity index (χ3n) is 4.01. The lowest BCUT2D eigenvalue weighted by Crippen LogP contribution is -2.48. The minimum Gasteiger partial charge on any atom is -0.480 e. The summed E-state index contributed by atoms with van der Waals surface area (Å²) in [7, 11) is 0. The van der Waals surface area contributed by atoms with Gasteiger partial charge in [0.1, 0.15) is 12.1 Å². The van der Waals surface area contributed by atoms with E-state index < -0.39 is 24.0 Å². The number of aromatic nitrogens is 2. The van der Waals surface area contributed by atoms with Gasteiger partial charge in [-0.05, 0) is 17.9 Å². The monoisotopic (exact) mass is 359 g/mol. The summed E-state index contributed by atoms with van der Waals surface area (Å²) < 4.78 is 1.88. The molecule has 7 nitrogen and oxygen atoms in total. The van der Waals surface area contributed by atoms with Gasteiger partial charge in [-0.25, -0.2) is 4.98 Å². The highest BCUT2D eigenvalue weighted by Gasteiger charge is 2.27. The molecule has 1 heterocycles. The Morgan fingerprint density at radius 1 is 1.12 bits per heavy atom. The molecule has 0 aliphatic rings. The van der Waals surface area contributed by atoms with Crippen LogP contribution in [-0.2, 0) is 22.6 Å². The molecule has 2 aromatic rings. The molecule has 0 fully saturated rings. The van der Waals surface area contributed by atoms with Crippen molar-refractivity contribution in [3.05, 3.63) is 54.1 Å². The van der Waals surface area contributed by atoms with Crippen molar-refractivity contribution in [1.82, 2.24) is 14.9 Å². The van der Waals surface area contributed by atoms with Crippen molar-refractivity contribution in [2.45, 2.75) is 45.3 Å². The normalized spacial score (nSPS) is 13.5. The molecule has 1 aromatic carbocycles. The molecular weight excluding hydrogens is 334 g/mol. The number of hydrogen-bond acceptors (Lipinski definition) is 4. The molecule has 0 saturated carbocycles. The average molecular weight is 359 g/mol. The van der Waals surface area contributed by atoms with Crippen molar-refractivity contribution < 1.29 is 19.8 Å². The van der Waals surface area contributed by atoms with E-state index in [4.69, 9.17) is 0 Å². The molecule has 0 radical (unpaired) electrons. The number of carboxylic acids is 2. The summed E-state index contributed by atoms with van der Waals surface area (Å²) in [6.07, 6.45) is 3.94. The number of carboxylic acid groups (broad SMARTS) is 2. The maximum Gasteiger partial charge on any atom is 0.321 e. The number of carbonyl (C=O) groups is 2. The average Bonchev–Trinajstić information content (AvgIpc) is 3.00. The molecule has 7 heteroatoms. The van der Waals surface area contributed by atoms with E-state index in [0.29, 0.717) is 18.7 Å². The second kappa shape index (κ2) is 9.15. The SMILES string of the molecule is CC(C)CC(N[C@@H](Cc1cn(Cc2ccccc2)cn1)C(=O)O)C(=O)O. The number of imidazole rings is 1. The maximum absolute atomic E-state index is 11.6. The zero-order valence-electron chi connectivity index (χ0n) is 15.0. The minimum absolute atomic E-state index is 0.124. The summed E-state index contributed by atoms with van der Waals surface area (Å²) in [4.78, 5) is 27.2. The minimum atomic E-state index is -1.09. The summed E-state index contributed by atoms with van der Waals surface area (Å²) >= 11 is 0. The van der Waals surface area contributed by atoms with Gasteiger partial charge in [-0.1, -0.05) is 44.2 Å². The maximum atomic E-state index is 11.6. The predicted octanol–water partition coefficient (Wildman–Crippen LogP) is 2.02. The fourth-order valence-electron chi connectivity index (χ4n) is 2.77. The van der Waals surface area contributed by atoms with E-state index in [1.807, 2.05) is 48.7 Å². The summed E-state index contributed by atoms with van der Waals surface area (Å²) in [5.41, 5.74) is 1.72. The Hall–Kier alpha value is -2.67. The number of rotatable bonds is 10. The lowest BCUT2D eigenvalue weighted by atomic mass is 10.0. The van der Waals surface area contributed by atoms with Crippen molar-refractivity contribution in [2.75, 3.05) is 0 Å². The Labute approximate surface area is 152 Å². The third kappa shape index (κ3) is 6.00. The van der Waals surface area contributed by atoms with Gasteiger partial charge >= 0.3 is 11.9 Å². The third-order valence-corrected chi connectivity index (χ3v) is 4.01. The van der Waals surface area contributed by atoms with Crippen molar-refractivity contribution in [3.63, 3.8) is 0 Å². The summed E-state index contributed by atoms with van der Waals surface area (Å²) in [6, 6.07) is 7.96.